The van der Waals surface area contributed by atoms with E-state index in [-0.39, 0.29) is 4.90 Å². The molecule has 0 aliphatic carbocycles. The Morgan fingerprint density at radius 1 is 1.04 bits per heavy atom. The van der Waals surface area contributed by atoms with Crippen molar-refractivity contribution in [3.8, 4) is 0 Å². The molecule has 0 atom stereocenters. The number of aryl methyl sites for hydroxylation is 2. The summed E-state index contributed by atoms with van der Waals surface area (Å²) in [5.74, 6) is -2.37. The normalized spacial score (nSPS) is 11.1. The first-order chi connectivity index (χ1) is 12.7. The van der Waals surface area contributed by atoms with Gasteiger partial charge in [-0.2, -0.15) is 0 Å². The van der Waals surface area contributed by atoms with E-state index in [1.807, 2.05) is 19.9 Å². The van der Waals surface area contributed by atoms with Gasteiger partial charge in [-0.15, -0.1) is 0 Å². The molecule has 0 unspecified atom stereocenters. The van der Waals surface area contributed by atoms with Gasteiger partial charge in [0.1, 0.15) is 5.82 Å². The van der Waals surface area contributed by atoms with Crippen molar-refractivity contribution in [3.63, 3.8) is 0 Å². The highest BCUT2D eigenvalue weighted by molar-refractivity contribution is 7.91. The number of esters is 1. The molecule has 1 amide bonds. The lowest BCUT2D eigenvalue weighted by atomic mass is 10.1. The summed E-state index contributed by atoms with van der Waals surface area (Å²) in [6.07, 6.45) is -0.406. The average molecular weight is 393 g/mol. The second kappa shape index (κ2) is 8.77. The number of ether oxygens (including phenoxy) is 1. The number of sulfone groups is 1. The topological polar surface area (TPSA) is 89.5 Å². The molecule has 0 aliphatic heterocycles. The third kappa shape index (κ3) is 6.49. The Hall–Kier alpha value is -2.74. The summed E-state index contributed by atoms with van der Waals surface area (Å²) in [6.45, 7) is 3.27. The van der Waals surface area contributed by atoms with E-state index in [2.05, 4.69) is 5.32 Å². The van der Waals surface area contributed by atoms with E-state index in [0.29, 0.717) is 5.69 Å². The summed E-state index contributed by atoms with van der Waals surface area (Å²) in [6, 6.07) is 9.84. The number of carbonyl (C=O) groups is 2. The minimum Gasteiger partial charge on any atom is -0.456 e. The Morgan fingerprint density at radius 3 is 2.22 bits per heavy atom. The summed E-state index contributed by atoms with van der Waals surface area (Å²) >= 11 is 0. The van der Waals surface area contributed by atoms with Crippen LogP contribution in [0.3, 0.4) is 0 Å². The van der Waals surface area contributed by atoms with E-state index in [1.54, 1.807) is 12.1 Å². The fraction of sp³-hybridized carbons (Fsp3) is 0.263. The van der Waals surface area contributed by atoms with Crippen molar-refractivity contribution in [1.29, 1.82) is 0 Å². The second-order valence-electron chi connectivity index (χ2n) is 6.11. The van der Waals surface area contributed by atoms with Crippen molar-refractivity contribution in [2.24, 2.45) is 0 Å². The maximum absolute atomic E-state index is 12.9. The number of rotatable bonds is 7. The number of hydrogen-bond donors (Lipinski definition) is 1. The first kappa shape index (κ1) is 20.6. The van der Waals surface area contributed by atoms with Crippen LogP contribution in [0.25, 0.3) is 0 Å². The largest absolute Gasteiger partial charge is 0.456 e. The van der Waals surface area contributed by atoms with Crippen LogP contribution in [-0.4, -0.2) is 32.7 Å². The second-order valence-corrected chi connectivity index (χ2v) is 8.22. The molecule has 0 bridgehead atoms. The Bertz CT molecular complexity index is 919. The Labute approximate surface area is 157 Å². The number of halogens is 1. The molecule has 0 aromatic heterocycles. The lowest BCUT2D eigenvalue weighted by molar-refractivity contribution is -0.146. The SMILES string of the molecule is Cc1cc(C)cc(NC(=O)COC(=O)CCS(=O)(=O)c2ccc(F)cc2)c1. The zero-order chi connectivity index (χ0) is 20.0. The fourth-order valence-electron chi connectivity index (χ4n) is 2.44. The van der Waals surface area contributed by atoms with E-state index in [0.717, 1.165) is 35.4 Å². The first-order valence-corrected chi connectivity index (χ1v) is 9.83. The van der Waals surface area contributed by atoms with Gasteiger partial charge in [0, 0.05) is 5.69 Å². The van der Waals surface area contributed by atoms with Gasteiger partial charge in [0.25, 0.3) is 5.91 Å². The molecule has 0 radical (unpaired) electrons. The van der Waals surface area contributed by atoms with E-state index in [1.165, 1.54) is 0 Å². The number of amides is 1. The smallest absolute Gasteiger partial charge is 0.307 e. The van der Waals surface area contributed by atoms with Crippen molar-refractivity contribution in [3.05, 3.63) is 59.4 Å². The molecule has 0 saturated heterocycles. The molecule has 6 nitrogen and oxygen atoms in total. The predicted octanol–water partition coefficient (Wildman–Crippen LogP) is 2.79. The Morgan fingerprint density at radius 2 is 1.63 bits per heavy atom. The van der Waals surface area contributed by atoms with Gasteiger partial charge in [0.15, 0.2) is 16.4 Å². The van der Waals surface area contributed by atoms with Crippen LogP contribution in [0.4, 0.5) is 10.1 Å². The zero-order valence-electron chi connectivity index (χ0n) is 15.0. The van der Waals surface area contributed by atoms with Crippen LogP contribution in [0.15, 0.2) is 47.4 Å². The molecule has 8 heteroatoms. The monoisotopic (exact) mass is 393 g/mol. The van der Waals surface area contributed by atoms with Crippen molar-refractivity contribution < 1.29 is 27.1 Å². The maximum atomic E-state index is 12.9. The van der Waals surface area contributed by atoms with E-state index in [9.17, 15) is 22.4 Å². The summed E-state index contributed by atoms with van der Waals surface area (Å²) in [7, 11) is -3.74. The average Bonchev–Trinajstić information content (AvgIpc) is 2.57. The third-order valence-corrected chi connectivity index (χ3v) is 5.35. The van der Waals surface area contributed by atoms with Gasteiger partial charge >= 0.3 is 5.97 Å². The molecule has 0 heterocycles. The molecule has 0 saturated carbocycles. The molecule has 0 fully saturated rings. The standard InChI is InChI=1S/C19H20FNO5S/c1-13-9-14(2)11-16(10-13)21-18(22)12-26-19(23)7-8-27(24,25)17-5-3-15(20)4-6-17/h3-6,9-11H,7-8,12H2,1-2H3,(H,21,22). The van der Waals surface area contributed by atoms with Gasteiger partial charge in [0.05, 0.1) is 17.1 Å². The van der Waals surface area contributed by atoms with Crippen LogP contribution in [0, 0.1) is 19.7 Å². The van der Waals surface area contributed by atoms with Gasteiger partial charge in [-0.3, -0.25) is 9.59 Å². The number of hydrogen-bond acceptors (Lipinski definition) is 5. The van der Waals surface area contributed by atoms with Crippen molar-refractivity contribution in [1.82, 2.24) is 0 Å². The van der Waals surface area contributed by atoms with Crippen LogP contribution >= 0.6 is 0 Å². The van der Waals surface area contributed by atoms with E-state index >= 15 is 0 Å². The van der Waals surface area contributed by atoms with Gasteiger partial charge < -0.3 is 10.1 Å². The van der Waals surface area contributed by atoms with Crippen LogP contribution in [0.5, 0.6) is 0 Å². The molecule has 0 spiro atoms. The Kier molecular flexibility index (Phi) is 6.68. The molecule has 144 valence electrons. The third-order valence-electron chi connectivity index (χ3n) is 3.62. The molecule has 27 heavy (non-hydrogen) atoms. The predicted molar refractivity (Wildman–Crippen MR) is 98.6 cm³/mol. The van der Waals surface area contributed by atoms with Gasteiger partial charge in [-0.1, -0.05) is 6.07 Å². The minimum absolute atomic E-state index is 0.0794. The zero-order valence-corrected chi connectivity index (χ0v) is 15.8. The lowest BCUT2D eigenvalue weighted by Crippen LogP contribution is -2.22. The summed E-state index contributed by atoms with van der Waals surface area (Å²) in [5.41, 5.74) is 2.55. The van der Waals surface area contributed by atoms with Gasteiger partial charge in [-0.05, 0) is 61.4 Å². The van der Waals surface area contributed by atoms with E-state index < -0.39 is 46.3 Å². The quantitative estimate of drug-likeness (QED) is 0.577. The summed E-state index contributed by atoms with van der Waals surface area (Å²) < 4.78 is 41.8. The van der Waals surface area contributed by atoms with Crippen LogP contribution in [0.1, 0.15) is 17.5 Å². The number of nitrogens with one attached hydrogen (secondary N) is 1. The number of carbonyl (C=O) groups excluding carboxylic acids is 2. The molecule has 2 aromatic rings. The van der Waals surface area contributed by atoms with Crippen molar-refractivity contribution in [2.75, 3.05) is 17.7 Å². The van der Waals surface area contributed by atoms with Crippen molar-refractivity contribution in [2.45, 2.75) is 25.2 Å². The van der Waals surface area contributed by atoms with E-state index in [4.69, 9.17) is 4.74 Å². The van der Waals surface area contributed by atoms with Crippen molar-refractivity contribution >= 4 is 27.4 Å². The molecular formula is C19H20FNO5S. The Balaban J connectivity index is 1.81. The maximum Gasteiger partial charge on any atom is 0.307 e. The fourth-order valence-corrected chi connectivity index (χ4v) is 3.66. The minimum atomic E-state index is -3.74. The number of benzene rings is 2. The first-order valence-electron chi connectivity index (χ1n) is 8.18. The molecule has 1 N–H and O–H groups in total. The van der Waals surface area contributed by atoms with Crippen LogP contribution < -0.4 is 5.32 Å². The highest BCUT2D eigenvalue weighted by Crippen LogP contribution is 2.14. The summed E-state index contributed by atoms with van der Waals surface area (Å²) in [5, 5.41) is 2.61. The molecule has 2 aromatic carbocycles. The molecule has 0 aliphatic rings. The van der Waals surface area contributed by atoms with Gasteiger partial charge in [0.2, 0.25) is 0 Å². The lowest BCUT2D eigenvalue weighted by Gasteiger charge is -2.09. The van der Waals surface area contributed by atoms with Gasteiger partial charge in [-0.25, -0.2) is 12.8 Å². The highest BCUT2D eigenvalue weighted by atomic mass is 32.2. The molecular weight excluding hydrogens is 373 g/mol. The molecule has 2 rings (SSSR count). The summed E-state index contributed by atoms with van der Waals surface area (Å²) in [4.78, 5) is 23.5. The highest BCUT2D eigenvalue weighted by Gasteiger charge is 2.18. The van der Waals surface area contributed by atoms with Crippen LogP contribution in [0.2, 0.25) is 0 Å². The van der Waals surface area contributed by atoms with Crippen LogP contribution in [-0.2, 0) is 24.2 Å². The number of anilines is 1.